The first kappa shape index (κ1) is 17.9. The fourth-order valence-electron chi connectivity index (χ4n) is 2.42. The van der Waals surface area contributed by atoms with Gasteiger partial charge < -0.3 is 0 Å². The lowest BCUT2D eigenvalue weighted by molar-refractivity contribution is 0.628. The largest absolute Gasteiger partial charge is 0.291 e. The summed E-state index contributed by atoms with van der Waals surface area (Å²) in [5, 5.41) is 5.20. The second-order valence-corrected chi connectivity index (χ2v) is 7.48. The normalized spacial score (nSPS) is 12.5. The van der Waals surface area contributed by atoms with Crippen molar-refractivity contribution in [3.05, 3.63) is 90.2 Å². The number of rotatable bonds is 3. The van der Waals surface area contributed by atoms with Crippen molar-refractivity contribution in [2.75, 3.05) is 0 Å². The first-order chi connectivity index (χ1) is 13.0. The summed E-state index contributed by atoms with van der Waals surface area (Å²) >= 11 is 13.3. The Balaban J connectivity index is 1.68. The molecule has 4 aromatic rings. The lowest BCUT2D eigenvalue weighted by Crippen LogP contribution is -2.23. The quantitative estimate of drug-likeness (QED) is 0.498. The molecule has 0 atom stereocenters. The molecule has 0 amide bonds. The average Bonchev–Trinajstić information content (AvgIpc) is 3.16. The van der Waals surface area contributed by atoms with Gasteiger partial charge in [-0.05, 0) is 47.5 Å². The van der Waals surface area contributed by atoms with Gasteiger partial charge in [0.2, 0.25) is 4.96 Å². The van der Waals surface area contributed by atoms with E-state index >= 15 is 0 Å². The van der Waals surface area contributed by atoms with Gasteiger partial charge in [-0.1, -0.05) is 58.8 Å². The third kappa shape index (κ3) is 3.78. The number of benzene rings is 2. The Kier molecular flexibility index (Phi) is 4.78. The lowest BCUT2D eigenvalue weighted by Gasteiger charge is -1.97. The van der Waals surface area contributed by atoms with Crippen LogP contribution in [-0.2, 0) is 0 Å². The van der Waals surface area contributed by atoms with Crippen molar-refractivity contribution >= 4 is 57.7 Å². The number of aromatic nitrogens is 3. The van der Waals surface area contributed by atoms with E-state index in [1.54, 1.807) is 48.6 Å². The smallest absolute Gasteiger partial charge is 0.266 e. The molecule has 0 unspecified atom stereocenters. The van der Waals surface area contributed by atoms with Crippen molar-refractivity contribution in [2.45, 2.75) is 0 Å². The molecule has 0 N–H and O–H groups in total. The van der Waals surface area contributed by atoms with Crippen LogP contribution in [0.25, 0.3) is 23.2 Å². The molecule has 2 aromatic carbocycles. The third-order valence-electron chi connectivity index (χ3n) is 3.74. The maximum atomic E-state index is 12.9. The SMILES string of the molecule is O=c1/c(=C/c2ccc(Cl)cc2Cl)sc2nc(/C=C/c3ccc(F)cc3)nn12. The summed E-state index contributed by atoms with van der Waals surface area (Å²) in [4.78, 5) is 17.4. The van der Waals surface area contributed by atoms with Crippen molar-refractivity contribution in [3.63, 3.8) is 0 Å². The fraction of sp³-hybridized carbons (Fsp3) is 0. The molecule has 0 saturated heterocycles. The van der Waals surface area contributed by atoms with E-state index in [2.05, 4.69) is 10.1 Å². The van der Waals surface area contributed by atoms with Gasteiger partial charge in [-0.25, -0.2) is 4.39 Å². The minimum Gasteiger partial charge on any atom is -0.266 e. The molecular formula is C19H10Cl2FN3OS. The van der Waals surface area contributed by atoms with Gasteiger partial charge in [0.25, 0.3) is 5.56 Å². The van der Waals surface area contributed by atoms with Gasteiger partial charge in [0.05, 0.1) is 4.53 Å². The zero-order chi connectivity index (χ0) is 19.0. The minimum absolute atomic E-state index is 0.269. The molecule has 0 aliphatic rings. The zero-order valence-corrected chi connectivity index (χ0v) is 15.9. The number of hydrogen-bond acceptors (Lipinski definition) is 4. The Hall–Kier alpha value is -2.54. The molecule has 0 fully saturated rings. The molecule has 0 saturated carbocycles. The van der Waals surface area contributed by atoms with Crippen molar-refractivity contribution in [1.82, 2.24) is 14.6 Å². The molecule has 0 spiro atoms. The van der Waals surface area contributed by atoms with Gasteiger partial charge in [-0.15, -0.1) is 5.10 Å². The van der Waals surface area contributed by atoms with Gasteiger partial charge in [-0.2, -0.15) is 9.50 Å². The molecule has 0 bridgehead atoms. The van der Waals surface area contributed by atoms with E-state index in [0.29, 0.717) is 30.9 Å². The average molecular weight is 418 g/mol. The second kappa shape index (κ2) is 7.23. The van der Waals surface area contributed by atoms with E-state index in [1.165, 1.54) is 28.0 Å². The van der Waals surface area contributed by atoms with Crippen LogP contribution in [-0.4, -0.2) is 14.6 Å². The van der Waals surface area contributed by atoms with Gasteiger partial charge >= 0.3 is 0 Å². The Labute approximate surface area is 166 Å². The number of hydrogen-bond donors (Lipinski definition) is 0. The third-order valence-corrected chi connectivity index (χ3v) is 5.26. The lowest BCUT2D eigenvalue weighted by atomic mass is 10.2. The summed E-state index contributed by atoms with van der Waals surface area (Å²) in [5.74, 6) is 0.104. The highest BCUT2D eigenvalue weighted by molar-refractivity contribution is 7.15. The molecule has 4 rings (SSSR count). The fourth-order valence-corrected chi connectivity index (χ4v) is 3.79. The second-order valence-electron chi connectivity index (χ2n) is 5.63. The first-order valence-electron chi connectivity index (χ1n) is 7.79. The highest BCUT2D eigenvalue weighted by Gasteiger charge is 2.09. The van der Waals surface area contributed by atoms with Crippen LogP contribution < -0.4 is 10.1 Å². The standard InChI is InChI=1S/C19H10Cl2FN3OS/c20-13-5-4-12(15(21)10-13)9-16-18(26)25-19(27-16)23-17(24-25)8-3-11-1-6-14(22)7-2-11/h1-10H/b8-3+,16-9-. The molecule has 2 heterocycles. The maximum Gasteiger partial charge on any atom is 0.291 e. The van der Waals surface area contributed by atoms with Crippen LogP contribution in [0, 0.1) is 5.82 Å². The molecule has 134 valence electrons. The Morgan fingerprint density at radius 3 is 2.56 bits per heavy atom. The Bertz CT molecular complexity index is 1280. The highest BCUT2D eigenvalue weighted by Crippen LogP contribution is 2.21. The van der Waals surface area contributed by atoms with Crippen LogP contribution in [0.4, 0.5) is 4.39 Å². The number of fused-ring (bicyclic) bond motifs is 1. The first-order valence-corrected chi connectivity index (χ1v) is 9.37. The van der Waals surface area contributed by atoms with E-state index in [9.17, 15) is 9.18 Å². The summed E-state index contributed by atoms with van der Waals surface area (Å²) < 4.78 is 14.7. The molecule has 8 heteroatoms. The molecule has 2 aromatic heterocycles. The Morgan fingerprint density at radius 1 is 1.07 bits per heavy atom. The van der Waals surface area contributed by atoms with E-state index in [0.717, 1.165) is 5.56 Å². The van der Waals surface area contributed by atoms with Crippen LogP contribution in [0.2, 0.25) is 10.0 Å². The van der Waals surface area contributed by atoms with Crippen LogP contribution in [0.5, 0.6) is 0 Å². The minimum atomic E-state index is -0.298. The van der Waals surface area contributed by atoms with Gasteiger partial charge in [-0.3, -0.25) is 4.79 Å². The highest BCUT2D eigenvalue weighted by atomic mass is 35.5. The van der Waals surface area contributed by atoms with Gasteiger partial charge in [0.15, 0.2) is 5.82 Å². The van der Waals surface area contributed by atoms with Crippen molar-refractivity contribution in [1.29, 1.82) is 0 Å². The van der Waals surface area contributed by atoms with Crippen molar-refractivity contribution in [2.24, 2.45) is 0 Å². The van der Waals surface area contributed by atoms with Crippen molar-refractivity contribution in [3.8, 4) is 0 Å². The summed E-state index contributed by atoms with van der Waals surface area (Å²) in [6.45, 7) is 0. The topological polar surface area (TPSA) is 47.3 Å². The maximum absolute atomic E-state index is 12.9. The Morgan fingerprint density at radius 2 is 1.85 bits per heavy atom. The summed E-state index contributed by atoms with van der Waals surface area (Å²) in [6, 6.07) is 11.1. The van der Waals surface area contributed by atoms with Gasteiger partial charge in [0.1, 0.15) is 5.82 Å². The molecule has 0 aliphatic heterocycles. The van der Waals surface area contributed by atoms with E-state index < -0.39 is 0 Å². The molecule has 0 radical (unpaired) electrons. The number of halogens is 3. The monoisotopic (exact) mass is 417 g/mol. The van der Waals surface area contributed by atoms with Crippen LogP contribution in [0.15, 0.2) is 47.3 Å². The summed E-state index contributed by atoms with van der Waals surface area (Å²) in [5.41, 5.74) is 1.23. The number of thiazole rings is 1. The molecular weight excluding hydrogens is 408 g/mol. The molecule has 27 heavy (non-hydrogen) atoms. The molecule has 4 nitrogen and oxygen atoms in total. The van der Waals surface area contributed by atoms with E-state index in [-0.39, 0.29) is 11.4 Å². The van der Waals surface area contributed by atoms with Crippen LogP contribution in [0.1, 0.15) is 17.0 Å². The summed E-state index contributed by atoms with van der Waals surface area (Å²) in [6.07, 6.45) is 5.12. The van der Waals surface area contributed by atoms with Crippen LogP contribution >= 0.6 is 34.5 Å². The summed E-state index contributed by atoms with van der Waals surface area (Å²) in [7, 11) is 0. The van der Waals surface area contributed by atoms with E-state index in [1.807, 2.05) is 0 Å². The van der Waals surface area contributed by atoms with Crippen LogP contribution in [0.3, 0.4) is 0 Å². The number of nitrogens with zero attached hydrogens (tertiary/aromatic N) is 3. The predicted molar refractivity (Wildman–Crippen MR) is 108 cm³/mol. The zero-order valence-electron chi connectivity index (χ0n) is 13.6. The van der Waals surface area contributed by atoms with E-state index in [4.69, 9.17) is 23.2 Å². The predicted octanol–water partition coefficient (Wildman–Crippen LogP) is 4.32. The van der Waals surface area contributed by atoms with Gasteiger partial charge in [0, 0.05) is 10.0 Å². The molecule has 0 aliphatic carbocycles. The van der Waals surface area contributed by atoms with Crippen molar-refractivity contribution < 1.29 is 4.39 Å².